The summed E-state index contributed by atoms with van der Waals surface area (Å²) in [5.74, 6) is -1.64. The van der Waals surface area contributed by atoms with Gasteiger partial charge in [-0.2, -0.15) is 0 Å². The monoisotopic (exact) mass is 325 g/mol. The second-order valence-electron chi connectivity index (χ2n) is 4.34. The lowest BCUT2D eigenvalue weighted by Gasteiger charge is -2.20. The average molecular weight is 326 g/mol. The van der Waals surface area contributed by atoms with Crippen LogP contribution in [0, 0.1) is 18.6 Å². The number of halogens is 3. The molecular formula is C15H14BrF2N. The maximum absolute atomic E-state index is 13.9. The minimum atomic E-state index is -0.832. The third kappa shape index (κ3) is 2.69. The quantitative estimate of drug-likeness (QED) is 0.884. The molecule has 1 unspecified atom stereocenters. The fraction of sp³-hybridized carbons (Fsp3) is 0.200. The minimum absolute atomic E-state index is 0.300. The van der Waals surface area contributed by atoms with E-state index in [-0.39, 0.29) is 0 Å². The number of rotatable bonds is 3. The van der Waals surface area contributed by atoms with E-state index in [2.05, 4.69) is 21.2 Å². The summed E-state index contributed by atoms with van der Waals surface area (Å²) < 4.78 is 28.2. The van der Waals surface area contributed by atoms with E-state index in [0.717, 1.165) is 21.7 Å². The molecular weight excluding hydrogens is 312 g/mol. The third-order valence-electron chi connectivity index (χ3n) is 3.11. The molecule has 1 nitrogen and oxygen atoms in total. The van der Waals surface area contributed by atoms with Gasteiger partial charge in [0.25, 0.3) is 0 Å². The van der Waals surface area contributed by atoms with E-state index in [0.29, 0.717) is 5.56 Å². The number of aryl methyl sites for hydroxylation is 1. The predicted molar refractivity (Wildman–Crippen MR) is 76.1 cm³/mol. The van der Waals surface area contributed by atoms with E-state index < -0.39 is 17.7 Å². The Balaban J connectivity index is 2.57. The Labute approximate surface area is 119 Å². The molecule has 0 fully saturated rings. The van der Waals surface area contributed by atoms with Crippen molar-refractivity contribution >= 4 is 15.9 Å². The molecule has 0 spiro atoms. The maximum atomic E-state index is 13.9. The molecule has 2 rings (SSSR count). The first kappa shape index (κ1) is 14.2. The summed E-state index contributed by atoms with van der Waals surface area (Å²) in [7, 11) is 1.73. The summed E-state index contributed by atoms with van der Waals surface area (Å²) in [4.78, 5) is 0. The molecule has 0 heterocycles. The van der Waals surface area contributed by atoms with Gasteiger partial charge in [0.2, 0.25) is 0 Å². The van der Waals surface area contributed by atoms with Crippen LogP contribution in [0.25, 0.3) is 0 Å². The van der Waals surface area contributed by atoms with Crippen LogP contribution in [0.3, 0.4) is 0 Å². The summed E-state index contributed by atoms with van der Waals surface area (Å²) in [6.45, 7) is 1.96. The zero-order valence-electron chi connectivity index (χ0n) is 10.7. The number of hydrogen-bond donors (Lipinski definition) is 1. The van der Waals surface area contributed by atoms with Gasteiger partial charge in [0.15, 0.2) is 11.6 Å². The SMILES string of the molecule is CNC(c1cccc(F)c1F)c1cccc(C)c1Br. The first-order valence-corrected chi connectivity index (χ1v) is 6.71. The molecule has 2 aromatic carbocycles. The zero-order valence-corrected chi connectivity index (χ0v) is 12.3. The van der Waals surface area contributed by atoms with Gasteiger partial charge in [0, 0.05) is 10.0 Å². The molecule has 1 atom stereocenters. The van der Waals surface area contributed by atoms with E-state index >= 15 is 0 Å². The van der Waals surface area contributed by atoms with Crippen LogP contribution in [-0.4, -0.2) is 7.05 Å². The molecule has 0 aliphatic rings. The summed E-state index contributed by atoms with van der Waals surface area (Å²) in [5.41, 5.74) is 2.23. The lowest BCUT2D eigenvalue weighted by atomic mass is 9.97. The minimum Gasteiger partial charge on any atom is -0.309 e. The molecule has 0 aromatic heterocycles. The molecule has 2 aromatic rings. The first-order valence-electron chi connectivity index (χ1n) is 5.92. The molecule has 0 radical (unpaired) electrons. The Morgan fingerprint density at radius 2 is 1.68 bits per heavy atom. The van der Waals surface area contributed by atoms with Crippen LogP contribution in [-0.2, 0) is 0 Å². The molecule has 19 heavy (non-hydrogen) atoms. The summed E-state index contributed by atoms with van der Waals surface area (Å²) in [6.07, 6.45) is 0. The number of hydrogen-bond acceptors (Lipinski definition) is 1. The van der Waals surface area contributed by atoms with E-state index in [1.165, 1.54) is 6.07 Å². The van der Waals surface area contributed by atoms with Crippen LogP contribution in [0.4, 0.5) is 8.78 Å². The smallest absolute Gasteiger partial charge is 0.163 e. The lowest BCUT2D eigenvalue weighted by Crippen LogP contribution is -2.20. The van der Waals surface area contributed by atoms with Crippen LogP contribution in [0.15, 0.2) is 40.9 Å². The summed E-state index contributed by atoms with van der Waals surface area (Å²) in [6, 6.07) is 9.58. The van der Waals surface area contributed by atoms with Crippen LogP contribution in [0.5, 0.6) is 0 Å². The fourth-order valence-corrected chi connectivity index (χ4v) is 2.61. The molecule has 0 saturated carbocycles. The summed E-state index contributed by atoms with van der Waals surface area (Å²) >= 11 is 3.51. The predicted octanol–water partition coefficient (Wildman–Crippen LogP) is 4.34. The Bertz CT molecular complexity index is 547. The van der Waals surface area contributed by atoms with Gasteiger partial charge in [-0.05, 0) is 31.2 Å². The second-order valence-corrected chi connectivity index (χ2v) is 5.14. The van der Waals surface area contributed by atoms with Crippen molar-refractivity contribution < 1.29 is 8.78 Å². The maximum Gasteiger partial charge on any atom is 0.163 e. The normalized spacial score (nSPS) is 12.5. The average Bonchev–Trinajstić information content (AvgIpc) is 2.40. The van der Waals surface area contributed by atoms with Crippen molar-refractivity contribution in [1.29, 1.82) is 0 Å². The van der Waals surface area contributed by atoms with Crippen LogP contribution >= 0.6 is 15.9 Å². The van der Waals surface area contributed by atoms with Gasteiger partial charge in [0.1, 0.15) is 0 Å². The van der Waals surface area contributed by atoms with Crippen molar-refractivity contribution in [2.75, 3.05) is 7.05 Å². The highest BCUT2D eigenvalue weighted by molar-refractivity contribution is 9.10. The standard InChI is InChI=1S/C15H14BrF2N/c1-9-5-3-6-10(13(9)16)15(19-2)11-7-4-8-12(17)14(11)18/h3-8,15,19H,1-2H3. The molecule has 1 N–H and O–H groups in total. The molecule has 0 amide bonds. The Morgan fingerprint density at radius 3 is 2.37 bits per heavy atom. The van der Waals surface area contributed by atoms with Gasteiger partial charge in [0.05, 0.1) is 6.04 Å². The third-order valence-corrected chi connectivity index (χ3v) is 4.20. The molecule has 0 saturated heterocycles. The van der Waals surface area contributed by atoms with Crippen LogP contribution in [0.2, 0.25) is 0 Å². The second kappa shape index (κ2) is 5.80. The van der Waals surface area contributed by atoms with Gasteiger partial charge < -0.3 is 5.32 Å². The molecule has 0 aliphatic heterocycles. The van der Waals surface area contributed by atoms with Gasteiger partial charge in [-0.3, -0.25) is 0 Å². The topological polar surface area (TPSA) is 12.0 Å². The van der Waals surface area contributed by atoms with Crippen molar-refractivity contribution in [3.8, 4) is 0 Å². The molecule has 4 heteroatoms. The molecule has 0 aliphatic carbocycles. The lowest BCUT2D eigenvalue weighted by molar-refractivity contribution is 0.487. The van der Waals surface area contributed by atoms with Crippen LogP contribution in [0.1, 0.15) is 22.7 Å². The van der Waals surface area contributed by atoms with Gasteiger partial charge >= 0.3 is 0 Å². The Kier molecular flexibility index (Phi) is 4.32. The number of benzene rings is 2. The van der Waals surface area contributed by atoms with E-state index in [1.54, 1.807) is 13.1 Å². The molecule has 0 bridgehead atoms. The highest BCUT2D eigenvalue weighted by atomic mass is 79.9. The highest BCUT2D eigenvalue weighted by Gasteiger charge is 2.20. The first-order chi connectivity index (χ1) is 9.06. The van der Waals surface area contributed by atoms with Crippen molar-refractivity contribution in [3.05, 3.63) is 69.2 Å². The van der Waals surface area contributed by atoms with Crippen molar-refractivity contribution in [2.24, 2.45) is 0 Å². The van der Waals surface area contributed by atoms with Gasteiger partial charge in [-0.15, -0.1) is 0 Å². The Hall–Kier alpha value is -1.26. The van der Waals surface area contributed by atoms with Crippen LogP contribution < -0.4 is 5.32 Å². The molecule has 100 valence electrons. The highest BCUT2D eigenvalue weighted by Crippen LogP contribution is 2.32. The zero-order chi connectivity index (χ0) is 14.0. The fourth-order valence-electron chi connectivity index (χ4n) is 2.12. The van der Waals surface area contributed by atoms with Crippen molar-refractivity contribution in [1.82, 2.24) is 5.32 Å². The van der Waals surface area contributed by atoms with Crippen molar-refractivity contribution in [3.63, 3.8) is 0 Å². The Morgan fingerprint density at radius 1 is 1.05 bits per heavy atom. The van der Waals surface area contributed by atoms with Gasteiger partial charge in [-0.1, -0.05) is 46.3 Å². The van der Waals surface area contributed by atoms with Crippen molar-refractivity contribution in [2.45, 2.75) is 13.0 Å². The largest absolute Gasteiger partial charge is 0.309 e. The van der Waals surface area contributed by atoms with E-state index in [4.69, 9.17) is 0 Å². The van der Waals surface area contributed by atoms with E-state index in [9.17, 15) is 8.78 Å². The van der Waals surface area contributed by atoms with E-state index in [1.807, 2.05) is 25.1 Å². The summed E-state index contributed by atoms with van der Waals surface area (Å²) in [5, 5.41) is 3.03. The van der Waals surface area contributed by atoms with Gasteiger partial charge in [-0.25, -0.2) is 8.78 Å². The number of nitrogens with one attached hydrogen (secondary N) is 1.